The Morgan fingerprint density at radius 1 is 0.913 bits per heavy atom. The van der Waals surface area contributed by atoms with Crippen LogP contribution < -0.4 is 5.32 Å². The van der Waals surface area contributed by atoms with Gasteiger partial charge in [0.05, 0.1) is 5.56 Å². The molecule has 23 heavy (non-hydrogen) atoms. The molecule has 0 amide bonds. The molecular formula is C19H22FNO2. The van der Waals surface area contributed by atoms with E-state index in [1.165, 1.54) is 17.7 Å². The number of nitrogens with one attached hydrogen (secondary N) is 1. The maximum Gasteiger partial charge on any atom is 0.335 e. The Kier molecular flexibility index (Phi) is 6.76. The van der Waals surface area contributed by atoms with Gasteiger partial charge in [-0.05, 0) is 61.2 Å². The van der Waals surface area contributed by atoms with Gasteiger partial charge in [-0.25, -0.2) is 9.18 Å². The number of carboxylic acids is 1. The first-order chi connectivity index (χ1) is 11.1. The van der Waals surface area contributed by atoms with Crippen molar-refractivity contribution in [3.05, 3.63) is 71.0 Å². The highest BCUT2D eigenvalue weighted by Gasteiger charge is 2.01. The van der Waals surface area contributed by atoms with Gasteiger partial charge in [-0.3, -0.25) is 0 Å². The molecule has 2 aromatic carbocycles. The van der Waals surface area contributed by atoms with Crippen LogP contribution in [0.15, 0.2) is 48.5 Å². The second-order valence-electron chi connectivity index (χ2n) is 5.62. The van der Waals surface area contributed by atoms with Gasteiger partial charge in [0.15, 0.2) is 0 Å². The van der Waals surface area contributed by atoms with Gasteiger partial charge in [0.25, 0.3) is 0 Å². The zero-order valence-corrected chi connectivity index (χ0v) is 13.1. The number of rotatable bonds is 9. The van der Waals surface area contributed by atoms with Crippen molar-refractivity contribution < 1.29 is 14.3 Å². The number of hydrogen-bond donors (Lipinski definition) is 2. The van der Waals surface area contributed by atoms with Crippen molar-refractivity contribution in [2.75, 3.05) is 6.54 Å². The Hall–Kier alpha value is -2.20. The normalized spacial score (nSPS) is 10.7. The topological polar surface area (TPSA) is 49.3 Å². The zero-order valence-electron chi connectivity index (χ0n) is 13.1. The van der Waals surface area contributed by atoms with Crippen LogP contribution in [-0.2, 0) is 13.0 Å². The standard InChI is InChI=1S/C19H22FNO2/c20-18-11-7-15(8-12-18)4-2-1-3-13-21-14-16-5-9-17(10-6-16)19(22)23/h5-12,21H,1-4,13-14H2,(H,22,23). The summed E-state index contributed by atoms with van der Waals surface area (Å²) >= 11 is 0. The third-order valence-corrected chi connectivity index (χ3v) is 3.76. The molecule has 2 N–H and O–H groups in total. The summed E-state index contributed by atoms with van der Waals surface area (Å²) in [4.78, 5) is 10.8. The van der Waals surface area contributed by atoms with E-state index < -0.39 is 5.97 Å². The maximum absolute atomic E-state index is 12.8. The fourth-order valence-corrected chi connectivity index (χ4v) is 2.40. The molecule has 0 fully saturated rings. The molecule has 4 heteroatoms. The minimum absolute atomic E-state index is 0.186. The monoisotopic (exact) mass is 315 g/mol. The summed E-state index contributed by atoms with van der Waals surface area (Å²) in [6.45, 7) is 1.68. The van der Waals surface area contributed by atoms with Crippen LogP contribution in [0.25, 0.3) is 0 Å². The number of hydrogen-bond acceptors (Lipinski definition) is 2. The molecular weight excluding hydrogens is 293 g/mol. The lowest BCUT2D eigenvalue weighted by molar-refractivity contribution is 0.0697. The summed E-state index contributed by atoms with van der Waals surface area (Å²) < 4.78 is 12.8. The number of unbranched alkanes of at least 4 members (excludes halogenated alkanes) is 2. The summed E-state index contributed by atoms with van der Waals surface area (Å²) in [5.74, 6) is -1.08. The van der Waals surface area contributed by atoms with Gasteiger partial charge in [0.1, 0.15) is 5.82 Å². The maximum atomic E-state index is 12.8. The Balaban J connectivity index is 1.55. The second-order valence-corrected chi connectivity index (χ2v) is 5.62. The number of carboxylic acid groups (broad SMARTS) is 1. The van der Waals surface area contributed by atoms with Crippen LogP contribution >= 0.6 is 0 Å². The summed E-state index contributed by atoms with van der Waals surface area (Å²) in [6, 6.07) is 13.6. The molecule has 0 aliphatic heterocycles. The molecule has 0 bridgehead atoms. The van der Waals surface area contributed by atoms with Crippen molar-refractivity contribution in [1.29, 1.82) is 0 Å². The highest BCUT2D eigenvalue weighted by molar-refractivity contribution is 5.87. The quantitative estimate of drug-likeness (QED) is 0.687. The molecule has 122 valence electrons. The average Bonchev–Trinajstić information content (AvgIpc) is 2.56. The lowest BCUT2D eigenvalue weighted by Crippen LogP contribution is -2.14. The predicted molar refractivity (Wildman–Crippen MR) is 89.1 cm³/mol. The van der Waals surface area contributed by atoms with E-state index >= 15 is 0 Å². The van der Waals surface area contributed by atoms with Crippen LogP contribution in [0.1, 0.15) is 40.7 Å². The SMILES string of the molecule is O=C(O)c1ccc(CNCCCCCc2ccc(F)cc2)cc1. The molecule has 2 rings (SSSR count). The molecule has 0 heterocycles. The van der Waals surface area contributed by atoms with E-state index in [2.05, 4.69) is 5.32 Å². The van der Waals surface area contributed by atoms with Crippen LogP contribution in [0.2, 0.25) is 0 Å². The number of halogens is 1. The smallest absolute Gasteiger partial charge is 0.335 e. The minimum Gasteiger partial charge on any atom is -0.478 e. The second kappa shape index (κ2) is 9.06. The molecule has 0 spiro atoms. The third-order valence-electron chi connectivity index (χ3n) is 3.76. The summed E-state index contributed by atoms with van der Waals surface area (Å²) in [5, 5.41) is 12.2. The van der Waals surface area contributed by atoms with Crippen LogP contribution in [0.5, 0.6) is 0 Å². The van der Waals surface area contributed by atoms with E-state index in [-0.39, 0.29) is 5.82 Å². The zero-order chi connectivity index (χ0) is 16.5. The largest absolute Gasteiger partial charge is 0.478 e. The van der Waals surface area contributed by atoms with Gasteiger partial charge in [-0.15, -0.1) is 0 Å². The van der Waals surface area contributed by atoms with Gasteiger partial charge in [0, 0.05) is 6.54 Å². The first-order valence-electron chi connectivity index (χ1n) is 7.92. The van der Waals surface area contributed by atoms with Crippen molar-refractivity contribution >= 4 is 5.97 Å². The lowest BCUT2D eigenvalue weighted by atomic mass is 10.1. The molecule has 0 aliphatic rings. The van der Waals surface area contributed by atoms with Crippen LogP contribution in [0, 0.1) is 5.82 Å². The van der Waals surface area contributed by atoms with Gasteiger partial charge < -0.3 is 10.4 Å². The van der Waals surface area contributed by atoms with E-state index in [1.807, 2.05) is 24.3 Å². The molecule has 0 unspecified atom stereocenters. The Morgan fingerprint density at radius 3 is 2.22 bits per heavy atom. The number of carbonyl (C=O) groups is 1. The Morgan fingerprint density at radius 2 is 1.57 bits per heavy atom. The average molecular weight is 315 g/mol. The van der Waals surface area contributed by atoms with Crippen LogP contribution in [-0.4, -0.2) is 17.6 Å². The first-order valence-corrected chi connectivity index (χ1v) is 7.92. The minimum atomic E-state index is -0.898. The van der Waals surface area contributed by atoms with Gasteiger partial charge in [-0.2, -0.15) is 0 Å². The molecule has 0 saturated carbocycles. The van der Waals surface area contributed by atoms with Gasteiger partial charge in [-0.1, -0.05) is 30.7 Å². The summed E-state index contributed by atoms with van der Waals surface area (Å²) in [5.41, 5.74) is 2.58. The van der Waals surface area contributed by atoms with Crippen molar-refractivity contribution in [2.24, 2.45) is 0 Å². The van der Waals surface area contributed by atoms with E-state index in [0.717, 1.165) is 44.3 Å². The van der Waals surface area contributed by atoms with Crippen molar-refractivity contribution in [2.45, 2.75) is 32.2 Å². The van der Waals surface area contributed by atoms with E-state index in [4.69, 9.17) is 5.11 Å². The van der Waals surface area contributed by atoms with Crippen molar-refractivity contribution in [3.63, 3.8) is 0 Å². The molecule has 0 saturated heterocycles. The van der Waals surface area contributed by atoms with Gasteiger partial charge in [0.2, 0.25) is 0 Å². The number of benzene rings is 2. The number of aromatic carboxylic acids is 1. The van der Waals surface area contributed by atoms with Crippen LogP contribution in [0.4, 0.5) is 4.39 Å². The third kappa shape index (κ3) is 6.20. The molecule has 2 aromatic rings. The van der Waals surface area contributed by atoms with E-state index in [9.17, 15) is 9.18 Å². The fourth-order valence-electron chi connectivity index (χ4n) is 2.40. The van der Waals surface area contributed by atoms with Crippen molar-refractivity contribution in [1.82, 2.24) is 5.32 Å². The Labute approximate surface area is 136 Å². The molecule has 0 atom stereocenters. The Bertz CT molecular complexity index is 608. The molecule has 0 aromatic heterocycles. The van der Waals surface area contributed by atoms with E-state index in [1.54, 1.807) is 12.1 Å². The van der Waals surface area contributed by atoms with Crippen molar-refractivity contribution in [3.8, 4) is 0 Å². The first kappa shape index (κ1) is 17.2. The number of aryl methyl sites for hydroxylation is 1. The highest BCUT2D eigenvalue weighted by atomic mass is 19.1. The highest BCUT2D eigenvalue weighted by Crippen LogP contribution is 2.08. The summed E-state index contributed by atoms with van der Waals surface area (Å²) in [6.07, 6.45) is 4.30. The fraction of sp³-hybridized carbons (Fsp3) is 0.316. The van der Waals surface area contributed by atoms with Gasteiger partial charge >= 0.3 is 5.97 Å². The molecule has 3 nitrogen and oxygen atoms in total. The lowest BCUT2D eigenvalue weighted by Gasteiger charge is -2.06. The van der Waals surface area contributed by atoms with E-state index in [0.29, 0.717) is 5.56 Å². The summed E-state index contributed by atoms with van der Waals surface area (Å²) in [7, 11) is 0. The van der Waals surface area contributed by atoms with Crippen LogP contribution in [0.3, 0.4) is 0 Å². The predicted octanol–water partition coefficient (Wildman–Crippen LogP) is 4.03. The molecule has 0 radical (unpaired) electrons. The molecule has 0 aliphatic carbocycles.